The van der Waals surface area contributed by atoms with Crippen LogP contribution in [0.15, 0.2) is 53.3 Å². The Morgan fingerprint density at radius 3 is 2.70 bits per heavy atom. The summed E-state index contributed by atoms with van der Waals surface area (Å²) in [5.41, 5.74) is 1.34. The second-order valence-corrected chi connectivity index (χ2v) is 5.07. The van der Waals surface area contributed by atoms with Gasteiger partial charge in [-0.25, -0.2) is 4.98 Å². The van der Waals surface area contributed by atoms with E-state index in [4.69, 9.17) is 10.00 Å². The topological polar surface area (TPSA) is 78.8 Å². The number of benzene rings is 2. The molecule has 2 aromatic carbocycles. The number of rotatable bonds is 5. The smallest absolute Gasteiger partial charge is 0.259 e. The first-order valence-electron chi connectivity index (χ1n) is 7.37. The van der Waals surface area contributed by atoms with Crippen molar-refractivity contribution in [1.82, 2.24) is 9.97 Å². The molecule has 0 saturated heterocycles. The van der Waals surface area contributed by atoms with Crippen LogP contribution in [0.4, 0.5) is 0 Å². The second kappa shape index (κ2) is 6.75. The Labute approximate surface area is 133 Å². The van der Waals surface area contributed by atoms with Crippen molar-refractivity contribution in [2.24, 2.45) is 0 Å². The van der Waals surface area contributed by atoms with Crippen LogP contribution in [0.5, 0.6) is 5.75 Å². The number of hydrogen-bond donors (Lipinski definition) is 1. The zero-order valence-electron chi connectivity index (χ0n) is 12.5. The van der Waals surface area contributed by atoms with E-state index in [-0.39, 0.29) is 5.56 Å². The summed E-state index contributed by atoms with van der Waals surface area (Å²) in [4.78, 5) is 19.4. The molecule has 114 valence electrons. The van der Waals surface area contributed by atoms with Crippen molar-refractivity contribution in [2.75, 3.05) is 6.61 Å². The van der Waals surface area contributed by atoms with Gasteiger partial charge in [0.15, 0.2) is 0 Å². The normalized spacial score (nSPS) is 10.4. The van der Waals surface area contributed by atoms with Crippen LogP contribution in [-0.2, 0) is 0 Å². The lowest BCUT2D eigenvalue weighted by Gasteiger charge is -2.06. The average Bonchev–Trinajstić information content (AvgIpc) is 2.59. The molecule has 0 radical (unpaired) electrons. The van der Waals surface area contributed by atoms with Crippen molar-refractivity contribution in [2.45, 2.75) is 12.8 Å². The molecule has 1 aromatic heterocycles. The summed E-state index contributed by atoms with van der Waals surface area (Å²) in [6.45, 7) is 0.512. The molecule has 3 rings (SSSR count). The van der Waals surface area contributed by atoms with E-state index >= 15 is 0 Å². The molecule has 1 N–H and O–H groups in total. The van der Waals surface area contributed by atoms with Gasteiger partial charge in [0.1, 0.15) is 11.6 Å². The van der Waals surface area contributed by atoms with Crippen LogP contribution < -0.4 is 10.3 Å². The number of ether oxygens (including phenoxy) is 1. The van der Waals surface area contributed by atoms with Gasteiger partial charge in [0, 0.05) is 12.0 Å². The van der Waals surface area contributed by atoms with E-state index in [0.29, 0.717) is 36.2 Å². The Bertz CT molecular complexity index is 908. The summed E-state index contributed by atoms with van der Waals surface area (Å²) in [7, 11) is 0. The maximum absolute atomic E-state index is 12.1. The van der Waals surface area contributed by atoms with Gasteiger partial charge in [0.25, 0.3) is 5.56 Å². The van der Waals surface area contributed by atoms with Gasteiger partial charge in [-0.1, -0.05) is 12.1 Å². The molecule has 1 heterocycles. The summed E-state index contributed by atoms with van der Waals surface area (Å²) in [5.74, 6) is 1.26. The fourth-order valence-electron chi connectivity index (χ4n) is 2.27. The minimum atomic E-state index is -0.151. The predicted molar refractivity (Wildman–Crippen MR) is 88.1 cm³/mol. The van der Waals surface area contributed by atoms with Crippen LogP contribution in [0.25, 0.3) is 22.3 Å². The monoisotopic (exact) mass is 305 g/mol. The number of unbranched alkanes of at least 4 members (excludes halogenated alkanes) is 1. The molecule has 0 spiro atoms. The molecule has 0 amide bonds. The Hall–Kier alpha value is -3.13. The van der Waals surface area contributed by atoms with Crippen molar-refractivity contribution in [3.05, 3.63) is 58.9 Å². The van der Waals surface area contributed by atoms with E-state index in [1.54, 1.807) is 6.07 Å². The lowest BCUT2D eigenvalue weighted by Crippen LogP contribution is -2.09. The number of hydrogen-bond acceptors (Lipinski definition) is 4. The third kappa shape index (κ3) is 3.38. The number of para-hydroxylation sites is 1. The number of fused-ring (bicyclic) bond motifs is 1. The number of aromatic nitrogens is 2. The van der Waals surface area contributed by atoms with Crippen LogP contribution in [0.2, 0.25) is 0 Å². The van der Waals surface area contributed by atoms with Gasteiger partial charge in [-0.2, -0.15) is 5.26 Å². The van der Waals surface area contributed by atoms with Crippen molar-refractivity contribution < 1.29 is 4.74 Å². The molecule has 0 aliphatic carbocycles. The molecule has 23 heavy (non-hydrogen) atoms. The summed E-state index contributed by atoms with van der Waals surface area (Å²) in [5, 5.41) is 9.06. The van der Waals surface area contributed by atoms with Crippen molar-refractivity contribution in [3.8, 4) is 23.2 Å². The molecule has 0 saturated carbocycles. The molecule has 0 atom stereocenters. The zero-order valence-corrected chi connectivity index (χ0v) is 12.5. The Morgan fingerprint density at radius 2 is 1.91 bits per heavy atom. The van der Waals surface area contributed by atoms with E-state index in [0.717, 1.165) is 11.3 Å². The number of nitrogens with one attached hydrogen (secondary N) is 1. The summed E-state index contributed by atoms with van der Waals surface area (Å²) in [6, 6.07) is 16.7. The molecule has 0 fully saturated rings. The minimum absolute atomic E-state index is 0.151. The summed E-state index contributed by atoms with van der Waals surface area (Å²) < 4.78 is 5.55. The quantitative estimate of drug-likeness (QED) is 0.734. The predicted octanol–water partition coefficient (Wildman–Crippen LogP) is 3.27. The third-order valence-corrected chi connectivity index (χ3v) is 3.44. The Balaban J connectivity index is 1.82. The second-order valence-electron chi connectivity index (χ2n) is 5.07. The fourth-order valence-corrected chi connectivity index (χ4v) is 2.27. The van der Waals surface area contributed by atoms with Crippen LogP contribution in [-0.4, -0.2) is 16.6 Å². The molecular weight excluding hydrogens is 290 g/mol. The first-order valence-corrected chi connectivity index (χ1v) is 7.37. The van der Waals surface area contributed by atoms with Crippen molar-refractivity contribution >= 4 is 10.9 Å². The number of nitrogens with zero attached hydrogens (tertiary/aromatic N) is 2. The van der Waals surface area contributed by atoms with Gasteiger partial charge in [-0.3, -0.25) is 4.79 Å². The van der Waals surface area contributed by atoms with Crippen LogP contribution >= 0.6 is 0 Å². The SMILES string of the molecule is N#CCCCOc1ccc(-c2nc3ccccc3c(=O)[nH]2)cc1. The highest BCUT2D eigenvalue weighted by Crippen LogP contribution is 2.20. The van der Waals surface area contributed by atoms with E-state index in [9.17, 15) is 4.79 Å². The molecule has 0 aliphatic rings. The van der Waals surface area contributed by atoms with Crippen molar-refractivity contribution in [3.63, 3.8) is 0 Å². The molecular formula is C18H15N3O2. The van der Waals surface area contributed by atoms with Crippen LogP contribution in [0.1, 0.15) is 12.8 Å². The highest BCUT2D eigenvalue weighted by Gasteiger charge is 2.05. The van der Waals surface area contributed by atoms with Crippen LogP contribution in [0.3, 0.4) is 0 Å². The van der Waals surface area contributed by atoms with E-state index < -0.39 is 0 Å². The van der Waals surface area contributed by atoms with Gasteiger partial charge < -0.3 is 9.72 Å². The maximum atomic E-state index is 12.1. The highest BCUT2D eigenvalue weighted by atomic mass is 16.5. The van der Waals surface area contributed by atoms with E-state index in [2.05, 4.69) is 16.0 Å². The molecule has 5 heteroatoms. The highest BCUT2D eigenvalue weighted by molar-refractivity contribution is 5.79. The molecule has 5 nitrogen and oxygen atoms in total. The van der Waals surface area contributed by atoms with Gasteiger partial charge in [0.05, 0.1) is 23.6 Å². The number of nitriles is 1. The molecule has 0 bridgehead atoms. The first kappa shape index (κ1) is 14.8. The lowest BCUT2D eigenvalue weighted by atomic mass is 10.2. The number of H-pyrrole nitrogens is 1. The lowest BCUT2D eigenvalue weighted by molar-refractivity contribution is 0.313. The first-order chi connectivity index (χ1) is 11.3. The maximum Gasteiger partial charge on any atom is 0.259 e. The number of aromatic amines is 1. The van der Waals surface area contributed by atoms with E-state index in [1.165, 1.54) is 0 Å². The third-order valence-electron chi connectivity index (χ3n) is 3.44. The molecule has 0 aliphatic heterocycles. The minimum Gasteiger partial charge on any atom is -0.494 e. The van der Waals surface area contributed by atoms with Gasteiger partial charge in [-0.15, -0.1) is 0 Å². The average molecular weight is 305 g/mol. The fraction of sp³-hybridized carbons (Fsp3) is 0.167. The van der Waals surface area contributed by atoms with E-state index in [1.807, 2.05) is 42.5 Å². The van der Waals surface area contributed by atoms with Gasteiger partial charge in [0.2, 0.25) is 0 Å². The summed E-state index contributed by atoms with van der Waals surface area (Å²) in [6.07, 6.45) is 1.19. The Morgan fingerprint density at radius 1 is 1.13 bits per heavy atom. The van der Waals surface area contributed by atoms with Gasteiger partial charge in [-0.05, 0) is 42.8 Å². The van der Waals surface area contributed by atoms with Crippen LogP contribution in [0, 0.1) is 11.3 Å². The zero-order chi connectivity index (χ0) is 16.1. The Kier molecular flexibility index (Phi) is 4.34. The van der Waals surface area contributed by atoms with Crippen molar-refractivity contribution in [1.29, 1.82) is 5.26 Å². The standard InChI is InChI=1S/C18H15N3O2/c19-11-3-4-12-23-14-9-7-13(8-10-14)17-20-16-6-2-1-5-15(16)18(22)21-17/h1-2,5-10H,3-4,12H2,(H,20,21,22). The van der Waals surface area contributed by atoms with Gasteiger partial charge >= 0.3 is 0 Å². The summed E-state index contributed by atoms with van der Waals surface area (Å²) >= 11 is 0. The molecule has 0 unspecified atom stereocenters. The molecule has 3 aromatic rings. The largest absolute Gasteiger partial charge is 0.494 e.